The van der Waals surface area contributed by atoms with Gasteiger partial charge in [-0.15, -0.1) is 0 Å². The number of hydrogen-bond donors (Lipinski definition) is 1. The van der Waals surface area contributed by atoms with Gasteiger partial charge < -0.3 is 15.2 Å². The molecule has 0 bridgehead atoms. The summed E-state index contributed by atoms with van der Waals surface area (Å²) in [7, 11) is 0. The second-order valence-electron chi connectivity index (χ2n) is 5.31. The van der Waals surface area contributed by atoms with E-state index in [1.54, 1.807) is 42.5 Å². The minimum Gasteiger partial charge on any atom is -0.490 e. The Morgan fingerprint density at radius 1 is 0.913 bits per heavy atom. The van der Waals surface area contributed by atoms with Crippen molar-refractivity contribution in [2.75, 3.05) is 18.9 Å². The summed E-state index contributed by atoms with van der Waals surface area (Å²) < 4.78 is 11.4. The third-order valence-electron chi connectivity index (χ3n) is 3.28. The van der Waals surface area contributed by atoms with Crippen LogP contribution in [0.3, 0.4) is 0 Å². The monoisotopic (exact) mass is 313 g/mol. The summed E-state index contributed by atoms with van der Waals surface area (Å²) >= 11 is 0. The first-order chi connectivity index (χ1) is 11.2. The zero-order valence-electron chi connectivity index (χ0n) is 13.7. The van der Waals surface area contributed by atoms with Crippen LogP contribution < -0.4 is 15.2 Å². The van der Waals surface area contributed by atoms with E-state index in [0.29, 0.717) is 41.5 Å². The predicted octanol–water partition coefficient (Wildman–Crippen LogP) is 4.08. The molecule has 0 heterocycles. The van der Waals surface area contributed by atoms with Gasteiger partial charge in [0, 0.05) is 16.8 Å². The summed E-state index contributed by atoms with van der Waals surface area (Å²) in [4.78, 5) is 12.6. The largest absolute Gasteiger partial charge is 0.490 e. The van der Waals surface area contributed by atoms with Crippen LogP contribution in [0.15, 0.2) is 42.5 Å². The average molecular weight is 313 g/mol. The standard InChI is InChI=1S/C19H23NO3/c1-3-10-22-17-9-8-15(13-18(17)23-11-4-2)19(21)14-6-5-7-16(20)12-14/h5-9,12-13H,3-4,10-11,20H2,1-2H3. The number of carbonyl (C=O) groups is 1. The number of benzene rings is 2. The van der Waals surface area contributed by atoms with Crippen LogP contribution in [0.4, 0.5) is 5.69 Å². The van der Waals surface area contributed by atoms with Crippen LogP contribution in [0.5, 0.6) is 11.5 Å². The number of nitrogen functional groups attached to an aromatic ring is 1. The molecule has 0 radical (unpaired) electrons. The third-order valence-corrected chi connectivity index (χ3v) is 3.28. The molecule has 2 aromatic carbocycles. The molecular weight excluding hydrogens is 290 g/mol. The van der Waals surface area contributed by atoms with E-state index < -0.39 is 0 Å². The Bertz CT molecular complexity index is 667. The molecule has 0 unspecified atom stereocenters. The molecular formula is C19H23NO3. The SMILES string of the molecule is CCCOc1ccc(C(=O)c2cccc(N)c2)cc1OCCC. The van der Waals surface area contributed by atoms with Crippen molar-refractivity contribution in [1.29, 1.82) is 0 Å². The molecule has 0 aliphatic rings. The summed E-state index contributed by atoms with van der Waals surface area (Å²) in [6.45, 7) is 5.28. The number of hydrogen-bond acceptors (Lipinski definition) is 4. The number of nitrogens with two attached hydrogens (primary N) is 1. The maximum Gasteiger partial charge on any atom is 0.193 e. The molecule has 23 heavy (non-hydrogen) atoms. The maximum absolute atomic E-state index is 12.6. The minimum atomic E-state index is -0.0827. The molecule has 0 atom stereocenters. The van der Waals surface area contributed by atoms with E-state index in [2.05, 4.69) is 0 Å². The van der Waals surface area contributed by atoms with E-state index in [9.17, 15) is 4.79 Å². The lowest BCUT2D eigenvalue weighted by Gasteiger charge is -2.13. The van der Waals surface area contributed by atoms with Crippen molar-refractivity contribution in [2.45, 2.75) is 26.7 Å². The first-order valence-electron chi connectivity index (χ1n) is 7.95. The second kappa shape index (κ2) is 8.22. The summed E-state index contributed by atoms with van der Waals surface area (Å²) in [6.07, 6.45) is 1.80. The van der Waals surface area contributed by atoms with Gasteiger partial charge in [-0.25, -0.2) is 0 Å². The van der Waals surface area contributed by atoms with Crippen LogP contribution in [-0.4, -0.2) is 19.0 Å². The van der Waals surface area contributed by atoms with Crippen LogP contribution >= 0.6 is 0 Å². The van der Waals surface area contributed by atoms with Crippen LogP contribution in [0.1, 0.15) is 42.6 Å². The van der Waals surface area contributed by atoms with Crippen molar-refractivity contribution < 1.29 is 14.3 Å². The Kier molecular flexibility index (Phi) is 6.03. The van der Waals surface area contributed by atoms with E-state index in [1.165, 1.54) is 0 Å². The lowest BCUT2D eigenvalue weighted by Crippen LogP contribution is -2.05. The number of anilines is 1. The van der Waals surface area contributed by atoms with Gasteiger partial charge in [0.2, 0.25) is 0 Å². The fourth-order valence-corrected chi connectivity index (χ4v) is 2.15. The average Bonchev–Trinajstić information content (AvgIpc) is 2.57. The third kappa shape index (κ3) is 4.49. The van der Waals surface area contributed by atoms with Gasteiger partial charge in [-0.2, -0.15) is 0 Å². The Morgan fingerprint density at radius 2 is 1.57 bits per heavy atom. The molecule has 122 valence electrons. The molecule has 4 heteroatoms. The zero-order chi connectivity index (χ0) is 16.7. The Morgan fingerprint density at radius 3 is 2.22 bits per heavy atom. The van der Waals surface area contributed by atoms with Crippen molar-refractivity contribution in [3.63, 3.8) is 0 Å². The van der Waals surface area contributed by atoms with E-state index in [1.807, 2.05) is 13.8 Å². The van der Waals surface area contributed by atoms with Crippen molar-refractivity contribution in [1.82, 2.24) is 0 Å². The molecule has 4 nitrogen and oxygen atoms in total. The molecule has 0 aliphatic carbocycles. The Balaban J connectivity index is 2.29. The van der Waals surface area contributed by atoms with Gasteiger partial charge in [-0.05, 0) is 43.2 Å². The fraction of sp³-hybridized carbons (Fsp3) is 0.316. The molecule has 2 rings (SSSR count). The molecule has 0 saturated heterocycles. The van der Waals surface area contributed by atoms with Crippen LogP contribution in [0.2, 0.25) is 0 Å². The van der Waals surface area contributed by atoms with Gasteiger partial charge in [-0.1, -0.05) is 26.0 Å². The lowest BCUT2D eigenvalue weighted by molar-refractivity contribution is 0.103. The summed E-state index contributed by atoms with van der Waals surface area (Å²) in [6, 6.07) is 12.3. The number of rotatable bonds is 8. The maximum atomic E-state index is 12.6. The highest BCUT2D eigenvalue weighted by atomic mass is 16.5. The molecule has 0 aliphatic heterocycles. The van der Waals surface area contributed by atoms with Gasteiger partial charge in [0.05, 0.1) is 13.2 Å². The lowest BCUT2D eigenvalue weighted by atomic mass is 10.0. The first-order valence-corrected chi connectivity index (χ1v) is 7.95. The highest BCUT2D eigenvalue weighted by Crippen LogP contribution is 2.30. The molecule has 0 aromatic heterocycles. The first kappa shape index (κ1) is 16.9. The normalized spacial score (nSPS) is 10.3. The van der Waals surface area contributed by atoms with Gasteiger partial charge in [0.15, 0.2) is 17.3 Å². The number of ether oxygens (including phenoxy) is 2. The Labute approximate surface area is 137 Å². The van der Waals surface area contributed by atoms with Crippen LogP contribution in [0, 0.1) is 0 Å². The summed E-state index contributed by atoms with van der Waals surface area (Å²) in [5.41, 5.74) is 7.45. The van der Waals surface area contributed by atoms with E-state index in [0.717, 1.165) is 12.8 Å². The van der Waals surface area contributed by atoms with Crippen molar-refractivity contribution >= 4 is 11.5 Å². The molecule has 0 spiro atoms. The van der Waals surface area contributed by atoms with Crippen LogP contribution in [0.25, 0.3) is 0 Å². The highest BCUT2D eigenvalue weighted by Gasteiger charge is 2.13. The van der Waals surface area contributed by atoms with E-state index in [4.69, 9.17) is 15.2 Å². The second-order valence-corrected chi connectivity index (χ2v) is 5.31. The minimum absolute atomic E-state index is 0.0827. The van der Waals surface area contributed by atoms with Crippen LogP contribution in [-0.2, 0) is 0 Å². The van der Waals surface area contributed by atoms with Gasteiger partial charge in [0.1, 0.15) is 0 Å². The summed E-state index contributed by atoms with van der Waals surface area (Å²) in [5.74, 6) is 1.19. The number of ketones is 1. The molecule has 0 saturated carbocycles. The van der Waals surface area contributed by atoms with Gasteiger partial charge in [-0.3, -0.25) is 4.79 Å². The van der Waals surface area contributed by atoms with Crippen molar-refractivity contribution in [2.24, 2.45) is 0 Å². The van der Waals surface area contributed by atoms with E-state index in [-0.39, 0.29) is 5.78 Å². The highest BCUT2D eigenvalue weighted by molar-refractivity contribution is 6.09. The van der Waals surface area contributed by atoms with Crippen molar-refractivity contribution in [3.05, 3.63) is 53.6 Å². The number of carbonyl (C=O) groups excluding carboxylic acids is 1. The quantitative estimate of drug-likeness (QED) is 0.589. The van der Waals surface area contributed by atoms with Gasteiger partial charge >= 0.3 is 0 Å². The Hall–Kier alpha value is -2.49. The zero-order valence-corrected chi connectivity index (χ0v) is 13.7. The molecule has 2 aromatic rings. The molecule has 2 N–H and O–H groups in total. The summed E-state index contributed by atoms with van der Waals surface area (Å²) in [5, 5.41) is 0. The van der Waals surface area contributed by atoms with Gasteiger partial charge in [0.25, 0.3) is 0 Å². The van der Waals surface area contributed by atoms with Crippen molar-refractivity contribution in [3.8, 4) is 11.5 Å². The topological polar surface area (TPSA) is 61.5 Å². The predicted molar refractivity (Wildman–Crippen MR) is 92.3 cm³/mol. The molecule has 0 amide bonds. The van der Waals surface area contributed by atoms with E-state index >= 15 is 0 Å². The molecule has 0 fully saturated rings. The fourth-order valence-electron chi connectivity index (χ4n) is 2.15. The smallest absolute Gasteiger partial charge is 0.193 e.